The first-order valence-corrected chi connectivity index (χ1v) is 7.08. The van der Waals surface area contributed by atoms with Gasteiger partial charge in [-0.3, -0.25) is 4.90 Å². The molecule has 1 aromatic rings. The molecule has 0 saturated carbocycles. The van der Waals surface area contributed by atoms with Gasteiger partial charge in [0, 0.05) is 38.4 Å². The van der Waals surface area contributed by atoms with Crippen molar-refractivity contribution in [2.24, 2.45) is 0 Å². The lowest BCUT2D eigenvalue weighted by atomic mass is 10.1. The van der Waals surface area contributed by atoms with Crippen LogP contribution in [0.3, 0.4) is 0 Å². The van der Waals surface area contributed by atoms with Crippen LogP contribution in [0.2, 0.25) is 0 Å². The SMILES string of the molecule is C[C@@H](O)CN1CCN(c2ccc(C#N)cc2C(F)(F)F)CC1. The van der Waals surface area contributed by atoms with E-state index in [1.165, 1.54) is 12.1 Å². The highest BCUT2D eigenvalue weighted by Crippen LogP contribution is 2.37. The fraction of sp³-hybridized carbons (Fsp3) is 0.533. The van der Waals surface area contributed by atoms with Crippen LogP contribution < -0.4 is 4.90 Å². The minimum Gasteiger partial charge on any atom is -0.392 e. The van der Waals surface area contributed by atoms with Gasteiger partial charge in [-0.05, 0) is 25.1 Å². The molecule has 1 fully saturated rings. The zero-order valence-corrected chi connectivity index (χ0v) is 12.3. The van der Waals surface area contributed by atoms with E-state index in [2.05, 4.69) is 0 Å². The van der Waals surface area contributed by atoms with Crippen LogP contribution in [0.25, 0.3) is 0 Å². The van der Waals surface area contributed by atoms with Crippen molar-refractivity contribution in [2.75, 3.05) is 37.6 Å². The number of piperazine rings is 1. The normalized spacial score (nSPS) is 18.1. The number of halogens is 3. The molecule has 1 saturated heterocycles. The van der Waals surface area contributed by atoms with Gasteiger partial charge < -0.3 is 10.0 Å². The van der Waals surface area contributed by atoms with E-state index in [-0.39, 0.29) is 11.3 Å². The van der Waals surface area contributed by atoms with Gasteiger partial charge in [0.25, 0.3) is 0 Å². The summed E-state index contributed by atoms with van der Waals surface area (Å²) in [4.78, 5) is 3.71. The van der Waals surface area contributed by atoms with Crippen molar-refractivity contribution in [3.63, 3.8) is 0 Å². The molecule has 0 bridgehead atoms. The number of aliphatic hydroxyl groups excluding tert-OH is 1. The van der Waals surface area contributed by atoms with E-state index in [9.17, 15) is 18.3 Å². The van der Waals surface area contributed by atoms with E-state index < -0.39 is 17.8 Å². The molecule has 0 radical (unpaired) electrons. The summed E-state index contributed by atoms with van der Waals surface area (Å²) in [5.74, 6) is 0. The second kappa shape index (κ2) is 6.55. The Labute approximate surface area is 127 Å². The zero-order chi connectivity index (χ0) is 16.3. The van der Waals surface area contributed by atoms with E-state index in [0.29, 0.717) is 32.7 Å². The maximum atomic E-state index is 13.2. The second-order valence-electron chi connectivity index (χ2n) is 5.48. The van der Waals surface area contributed by atoms with E-state index in [1.54, 1.807) is 17.9 Å². The summed E-state index contributed by atoms with van der Waals surface area (Å²) in [5, 5.41) is 18.1. The van der Waals surface area contributed by atoms with Crippen molar-refractivity contribution >= 4 is 5.69 Å². The smallest absolute Gasteiger partial charge is 0.392 e. The van der Waals surface area contributed by atoms with E-state index in [0.717, 1.165) is 6.07 Å². The number of anilines is 1. The largest absolute Gasteiger partial charge is 0.418 e. The van der Waals surface area contributed by atoms with Gasteiger partial charge in [0.15, 0.2) is 0 Å². The van der Waals surface area contributed by atoms with Gasteiger partial charge in [0.05, 0.1) is 23.3 Å². The third-order valence-corrected chi connectivity index (χ3v) is 3.67. The Balaban J connectivity index is 2.18. The maximum absolute atomic E-state index is 13.2. The Morgan fingerprint density at radius 2 is 1.91 bits per heavy atom. The highest BCUT2D eigenvalue weighted by molar-refractivity contribution is 5.58. The minimum atomic E-state index is -4.49. The van der Waals surface area contributed by atoms with Gasteiger partial charge in [0.2, 0.25) is 0 Å². The molecule has 0 spiro atoms. The summed E-state index contributed by atoms with van der Waals surface area (Å²) < 4.78 is 39.6. The van der Waals surface area contributed by atoms with Crippen LogP contribution in [0.4, 0.5) is 18.9 Å². The Kier molecular flexibility index (Phi) is 4.94. The summed E-state index contributed by atoms with van der Waals surface area (Å²) in [6, 6.07) is 5.42. The lowest BCUT2D eigenvalue weighted by Crippen LogP contribution is -2.48. The van der Waals surface area contributed by atoms with Crippen LogP contribution in [0.5, 0.6) is 0 Å². The average Bonchev–Trinajstić information content (AvgIpc) is 2.46. The molecule has 120 valence electrons. The monoisotopic (exact) mass is 313 g/mol. The summed E-state index contributed by atoms with van der Waals surface area (Å²) in [5.41, 5.74) is -0.650. The Hall–Kier alpha value is -1.78. The molecule has 7 heteroatoms. The van der Waals surface area contributed by atoms with E-state index in [4.69, 9.17) is 5.26 Å². The van der Waals surface area contributed by atoms with Gasteiger partial charge in [-0.1, -0.05) is 0 Å². The number of alkyl halides is 3. The van der Waals surface area contributed by atoms with Gasteiger partial charge in [-0.2, -0.15) is 18.4 Å². The van der Waals surface area contributed by atoms with Crippen LogP contribution in [0.1, 0.15) is 18.1 Å². The molecule has 22 heavy (non-hydrogen) atoms. The van der Waals surface area contributed by atoms with Gasteiger partial charge >= 0.3 is 6.18 Å². The summed E-state index contributed by atoms with van der Waals surface area (Å²) in [6.07, 6.45) is -4.94. The number of hydrogen-bond donors (Lipinski definition) is 1. The number of aliphatic hydroxyl groups is 1. The predicted octanol–water partition coefficient (Wildman–Crippen LogP) is 2.08. The fourth-order valence-electron chi connectivity index (χ4n) is 2.65. The maximum Gasteiger partial charge on any atom is 0.418 e. The molecule has 1 aromatic carbocycles. The highest BCUT2D eigenvalue weighted by Gasteiger charge is 2.35. The average molecular weight is 313 g/mol. The molecule has 1 aliphatic heterocycles. The lowest BCUT2D eigenvalue weighted by Gasteiger charge is -2.37. The number of nitrogens with zero attached hydrogens (tertiary/aromatic N) is 3. The first-order chi connectivity index (χ1) is 10.3. The summed E-state index contributed by atoms with van der Waals surface area (Å²) in [6.45, 7) is 4.33. The number of benzene rings is 1. The molecule has 0 aromatic heterocycles. The fourth-order valence-corrected chi connectivity index (χ4v) is 2.65. The number of rotatable bonds is 3. The van der Waals surface area contributed by atoms with Gasteiger partial charge in [-0.15, -0.1) is 0 Å². The van der Waals surface area contributed by atoms with Crippen molar-refractivity contribution < 1.29 is 18.3 Å². The van der Waals surface area contributed by atoms with Crippen LogP contribution in [-0.2, 0) is 6.18 Å². The lowest BCUT2D eigenvalue weighted by molar-refractivity contribution is -0.137. The summed E-state index contributed by atoms with van der Waals surface area (Å²) >= 11 is 0. The molecule has 0 unspecified atom stereocenters. The molecule has 2 rings (SSSR count). The van der Waals surface area contributed by atoms with Crippen molar-refractivity contribution in [1.29, 1.82) is 5.26 Å². The van der Waals surface area contributed by atoms with Crippen LogP contribution in [-0.4, -0.2) is 48.8 Å². The molecule has 1 atom stereocenters. The van der Waals surface area contributed by atoms with E-state index >= 15 is 0 Å². The van der Waals surface area contributed by atoms with Crippen LogP contribution in [0.15, 0.2) is 18.2 Å². The van der Waals surface area contributed by atoms with Crippen LogP contribution in [0, 0.1) is 11.3 Å². The number of nitriles is 1. The van der Waals surface area contributed by atoms with Crippen molar-refractivity contribution in [3.05, 3.63) is 29.3 Å². The van der Waals surface area contributed by atoms with Crippen LogP contribution >= 0.6 is 0 Å². The summed E-state index contributed by atoms with van der Waals surface area (Å²) in [7, 11) is 0. The zero-order valence-electron chi connectivity index (χ0n) is 12.3. The first-order valence-electron chi connectivity index (χ1n) is 7.08. The second-order valence-corrected chi connectivity index (χ2v) is 5.48. The Morgan fingerprint density at radius 3 is 2.41 bits per heavy atom. The molecular formula is C15H18F3N3O. The van der Waals surface area contributed by atoms with Crippen molar-refractivity contribution in [1.82, 2.24) is 4.90 Å². The molecule has 0 amide bonds. The third kappa shape index (κ3) is 3.90. The molecule has 1 aliphatic rings. The van der Waals surface area contributed by atoms with Gasteiger partial charge in [-0.25, -0.2) is 0 Å². The molecule has 4 nitrogen and oxygen atoms in total. The van der Waals surface area contributed by atoms with Gasteiger partial charge in [0.1, 0.15) is 0 Å². The van der Waals surface area contributed by atoms with Crippen molar-refractivity contribution in [3.8, 4) is 6.07 Å². The van der Waals surface area contributed by atoms with E-state index in [1.807, 2.05) is 4.90 Å². The standard InChI is InChI=1S/C15H18F3N3O/c1-11(22)10-20-4-6-21(7-5-20)14-3-2-12(9-19)8-13(14)15(16,17)18/h2-3,8,11,22H,4-7,10H2,1H3/t11-/m1/s1. The number of β-amino-alcohol motifs (C(OH)–C–C–N with tert-alkyl or cyclic N) is 1. The third-order valence-electron chi connectivity index (χ3n) is 3.67. The molecule has 1 heterocycles. The molecule has 1 N–H and O–H groups in total. The quantitative estimate of drug-likeness (QED) is 0.928. The Morgan fingerprint density at radius 1 is 1.27 bits per heavy atom. The first kappa shape index (κ1) is 16.6. The minimum absolute atomic E-state index is 0.00353. The topological polar surface area (TPSA) is 50.5 Å². The highest BCUT2D eigenvalue weighted by atomic mass is 19.4. The Bertz CT molecular complexity index is 558. The number of hydrogen-bond acceptors (Lipinski definition) is 4. The predicted molar refractivity (Wildman–Crippen MR) is 76.5 cm³/mol. The molecule has 0 aliphatic carbocycles. The van der Waals surface area contributed by atoms with Crippen molar-refractivity contribution in [2.45, 2.75) is 19.2 Å². The molecular weight excluding hydrogens is 295 g/mol.